The van der Waals surface area contributed by atoms with Crippen LogP contribution in [0.15, 0.2) is 28.4 Å². The fourth-order valence-electron chi connectivity index (χ4n) is 2.33. The topological polar surface area (TPSA) is 83.6 Å². The minimum atomic E-state index is -0.886. The zero-order valence-electron chi connectivity index (χ0n) is 11.6. The molecule has 0 aliphatic carbocycles. The average Bonchev–Trinajstić information content (AvgIpc) is 3.17. The van der Waals surface area contributed by atoms with E-state index in [1.54, 1.807) is 40.6 Å². The van der Waals surface area contributed by atoms with Crippen molar-refractivity contribution in [3.8, 4) is 10.6 Å². The van der Waals surface area contributed by atoms with Crippen molar-refractivity contribution in [1.82, 2.24) is 9.88 Å². The number of amides is 1. The molecule has 3 rings (SSSR count). The van der Waals surface area contributed by atoms with E-state index in [2.05, 4.69) is 4.98 Å². The first-order valence-electron chi connectivity index (χ1n) is 6.74. The predicted molar refractivity (Wildman–Crippen MR) is 84.2 cm³/mol. The summed E-state index contributed by atoms with van der Waals surface area (Å²) in [6.07, 6.45) is 3.11. The Bertz CT molecular complexity index is 668. The number of carboxylic acid groups (broad SMARTS) is 1. The van der Waals surface area contributed by atoms with Gasteiger partial charge in [-0.1, -0.05) is 0 Å². The number of nitrogens with zero attached hydrogens (tertiary/aromatic N) is 2. The summed E-state index contributed by atoms with van der Waals surface area (Å²) >= 11 is 3.05. The van der Waals surface area contributed by atoms with Gasteiger partial charge in [0.2, 0.25) is 0 Å². The van der Waals surface area contributed by atoms with Gasteiger partial charge < -0.3 is 14.4 Å². The van der Waals surface area contributed by atoms with E-state index in [1.807, 2.05) is 0 Å². The van der Waals surface area contributed by atoms with Crippen molar-refractivity contribution in [3.05, 3.63) is 29.7 Å². The molecule has 8 heteroatoms. The maximum absolute atomic E-state index is 12.6. The van der Waals surface area contributed by atoms with Gasteiger partial charge in [0.1, 0.15) is 17.0 Å². The van der Waals surface area contributed by atoms with Crippen LogP contribution < -0.4 is 0 Å². The summed E-state index contributed by atoms with van der Waals surface area (Å²) in [4.78, 5) is 29.6. The Balaban J connectivity index is 1.78. The molecule has 6 nitrogen and oxygen atoms in total. The van der Waals surface area contributed by atoms with Gasteiger partial charge in [0.25, 0.3) is 5.91 Å². The third kappa shape index (κ3) is 3.17. The summed E-state index contributed by atoms with van der Waals surface area (Å²) in [5.74, 6) is 0.386. The maximum Gasteiger partial charge on any atom is 0.305 e. The van der Waals surface area contributed by atoms with Crippen LogP contribution in [0.25, 0.3) is 10.6 Å². The molecule has 2 aromatic rings. The number of hydrogen-bond donors (Lipinski definition) is 1. The highest BCUT2D eigenvalue weighted by molar-refractivity contribution is 7.99. The van der Waals surface area contributed by atoms with E-state index in [1.165, 1.54) is 11.3 Å². The van der Waals surface area contributed by atoms with Crippen LogP contribution in [0.4, 0.5) is 0 Å². The molecule has 0 aromatic carbocycles. The lowest BCUT2D eigenvalue weighted by atomic mass is 10.2. The van der Waals surface area contributed by atoms with Crippen molar-refractivity contribution in [2.75, 3.05) is 18.1 Å². The monoisotopic (exact) mass is 338 g/mol. The lowest BCUT2D eigenvalue weighted by Gasteiger charge is -2.34. The Kier molecular flexibility index (Phi) is 4.49. The van der Waals surface area contributed by atoms with E-state index >= 15 is 0 Å². The highest BCUT2D eigenvalue weighted by Crippen LogP contribution is 2.26. The van der Waals surface area contributed by atoms with E-state index < -0.39 is 5.97 Å². The van der Waals surface area contributed by atoms with E-state index in [4.69, 9.17) is 9.52 Å². The van der Waals surface area contributed by atoms with Crippen LogP contribution in [0.2, 0.25) is 0 Å². The second-order valence-electron chi connectivity index (χ2n) is 4.88. The summed E-state index contributed by atoms with van der Waals surface area (Å²) in [6.45, 7) is 0.556. The molecule has 0 bridgehead atoms. The molecule has 116 valence electrons. The molecule has 3 heterocycles. The number of aromatic nitrogens is 1. The number of thiazole rings is 1. The standard InChI is InChI=1S/C14H14N2O4S2/c17-12(18)5-10-7-21-4-2-16(10)14(19)11-8-22-13(15-11)9-1-3-20-6-9/h1,3,6,8,10H,2,4-5,7H2,(H,17,18). The highest BCUT2D eigenvalue weighted by atomic mass is 32.2. The van der Waals surface area contributed by atoms with Gasteiger partial charge in [0, 0.05) is 29.0 Å². The summed E-state index contributed by atoms with van der Waals surface area (Å²) in [5, 5.41) is 11.4. The Morgan fingerprint density at radius 3 is 3.09 bits per heavy atom. The molecule has 1 aliphatic heterocycles. The SMILES string of the molecule is O=C(O)CC1CSCCN1C(=O)c1csc(-c2ccoc2)n1. The highest BCUT2D eigenvalue weighted by Gasteiger charge is 2.30. The fraction of sp³-hybridized carbons (Fsp3) is 0.357. The van der Waals surface area contributed by atoms with E-state index in [0.29, 0.717) is 18.0 Å². The van der Waals surface area contributed by atoms with Crippen molar-refractivity contribution in [2.24, 2.45) is 0 Å². The zero-order valence-corrected chi connectivity index (χ0v) is 13.2. The molecule has 0 spiro atoms. The van der Waals surface area contributed by atoms with Crippen LogP contribution >= 0.6 is 23.1 Å². The molecule has 0 radical (unpaired) electrons. The van der Waals surface area contributed by atoms with Crippen molar-refractivity contribution < 1.29 is 19.1 Å². The fourth-order valence-corrected chi connectivity index (χ4v) is 4.17. The Morgan fingerprint density at radius 2 is 2.36 bits per heavy atom. The molecule has 2 aromatic heterocycles. The van der Waals surface area contributed by atoms with Crippen LogP contribution in [0.1, 0.15) is 16.9 Å². The number of hydrogen-bond acceptors (Lipinski definition) is 6. The third-order valence-corrected chi connectivity index (χ3v) is 5.37. The molecule has 1 fully saturated rings. The van der Waals surface area contributed by atoms with Gasteiger partial charge in [0.05, 0.1) is 18.7 Å². The van der Waals surface area contributed by atoms with Gasteiger partial charge >= 0.3 is 5.97 Å². The molecule has 1 aliphatic rings. The molecule has 22 heavy (non-hydrogen) atoms. The van der Waals surface area contributed by atoms with Gasteiger partial charge in [-0.25, -0.2) is 4.98 Å². The van der Waals surface area contributed by atoms with Gasteiger partial charge in [-0.05, 0) is 6.07 Å². The van der Waals surface area contributed by atoms with Gasteiger partial charge in [-0.3, -0.25) is 9.59 Å². The van der Waals surface area contributed by atoms with E-state index in [9.17, 15) is 9.59 Å². The molecular weight excluding hydrogens is 324 g/mol. The second kappa shape index (κ2) is 6.53. The predicted octanol–water partition coefficient (Wildman–Crippen LogP) is 2.44. The number of aliphatic carboxylic acids is 1. The van der Waals surface area contributed by atoms with Crippen LogP contribution in [0, 0.1) is 0 Å². The zero-order chi connectivity index (χ0) is 15.5. The summed E-state index contributed by atoms with van der Waals surface area (Å²) < 4.78 is 5.02. The lowest BCUT2D eigenvalue weighted by molar-refractivity contribution is -0.138. The first-order chi connectivity index (χ1) is 10.6. The minimum Gasteiger partial charge on any atom is -0.481 e. The quantitative estimate of drug-likeness (QED) is 0.922. The Hall–Kier alpha value is -1.80. The first kappa shape index (κ1) is 15.1. The molecule has 1 N–H and O–H groups in total. The minimum absolute atomic E-state index is 0.0303. The Labute approximate surface area is 135 Å². The number of furan rings is 1. The number of carbonyl (C=O) groups excluding carboxylic acids is 1. The second-order valence-corrected chi connectivity index (χ2v) is 6.88. The first-order valence-corrected chi connectivity index (χ1v) is 8.77. The van der Waals surface area contributed by atoms with Crippen LogP contribution in [0.5, 0.6) is 0 Å². The van der Waals surface area contributed by atoms with Crippen LogP contribution in [0.3, 0.4) is 0 Å². The molecule has 1 amide bonds. The van der Waals surface area contributed by atoms with Crippen LogP contribution in [-0.4, -0.2) is 51.0 Å². The number of carbonyl (C=O) groups is 2. The van der Waals surface area contributed by atoms with Gasteiger partial charge in [-0.15, -0.1) is 11.3 Å². The molecule has 0 saturated carbocycles. The maximum atomic E-state index is 12.6. The van der Waals surface area contributed by atoms with Crippen molar-refractivity contribution in [2.45, 2.75) is 12.5 Å². The summed E-state index contributed by atoms with van der Waals surface area (Å²) in [7, 11) is 0. The normalized spacial score (nSPS) is 18.4. The van der Waals surface area contributed by atoms with Crippen LogP contribution in [-0.2, 0) is 4.79 Å². The summed E-state index contributed by atoms with van der Waals surface area (Å²) in [5.41, 5.74) is 1.20. The van der Waals surface area contributed by atoms with Crippen molar-refractivity contribution >= 4 is 35.0 Å². The van der Waals surface area contributed by atoms with E-state index in [-0.39, 0.29) is 18.4 Å². The molecule has 1 unspecified atom stereocenters. The van der Waals surface area contributed by atoms with Gasteiger partial charge in [-0.2, -0.15) is 11.8 Å². The smallest absolute Gasteiger partial charge is 0.305 e. The summed E-state index contributed by atoms with van der Waals surface area (Å²) in [6, 6.07) is 1.51. The number of thioether (sulfide) groups is 1. The number of rotatable bonds is 4. The molecular formula is C14H14N2O4S2. The van der Waals surface area contributed by atoms with Crippen molar-refractivity contribution in [3.63, 3.8) is 0 Å². The largest absolute Gasteiger partial charge is 0.481 e. The lowest BCUT2D eigenvalue weighted by Crippen LogP contribution is -2.47. The molecule has 1 saturated heterocycles. The molecule has 1 atom stereocenters. The Morgan fingerprint density at radius 1 is 1.50 bits per heavy atom. The number of carboxylic acids is 1. The average molecular weight is 338 g/mol. The third-order valence-electron chi connectivity index (χ3n) is 3.39. The van der Waals surface area contributed by atoms with Crippen molar-refractivity contribution in [1.29, 1.82) is 0 Å². The van der Waals surface area contributed by atoms with Gasteiger partial charge in [0.15, 0.2) is 0 Å². The van der Waals surface area contributed by atoms with E-state index in [0.717, 1.165) is 16.3 Å².